The summed E-state index contributed by atoms with van der Waals surface area (Å²) in [4.78, 5) is 30.7. The van der Waals surface area contributed by atoms with E-state index in [9.17, 15) is 14.7 Å². The fourth-order valence-corrected chi connectivity index (χ4v) is 4.85. The Morgan fingerprint density at radius 1 is 1.03 bits per heavy atom. The number of carbonyl (C=O) groups is 2. The van der Waals surface area contributed by atoms with Crippen LogP contribution in [0.3, 0.4) is 0 Å². The minimum atomic E-state index is -0.542. The number of fused-ring (bicyclic) bond motifs is 2. The predicted molar refractivity (Wildman–Crippen MR) is 144 cm³/mol. The van der Waals surface area contributed by atoms with Crippen molar-refractivity contribution in [3.8, 4) is 5.75 Å². The van der Waals surface area contributed by atoms with Crippen molar-refractivity contribution in [2.24, 2.45) is 0 Å². The van der Waals surface area contributed by atoms with Gasteiger partial charge in [-0.25, -0.2) is 9.78 Å². The molecule has 0 atom stereocenters. The number of hydrogen-bond acceptors (Lipinski definition) is 5. The highest BCUT2D eigenvalue weighted by Crippen LogP contribution is 2.36. The number of nitrogens with one attached hydrogen (secondary N) is 1. The number of allylic oxidation sites excluding steroid dienone is 1. The zero-order valence-electron chi connectivity index (χ0n) is 19.3. The van der Waals surface area contributed by atoms with Crippen molar-refractivity contribution in [1.82, 2.24) is 4.98 Å². The van der Waals surface area contributed by atoms with Gasteiger partial charge >= 0.3 is 5.97 Å². The van der Waals surface area contributed by atoms with Gasteiger partial charge < -0.3 is 15.2 Å². The first kappa shape index (κ1) is 23.8. The molecular weight excluding hydrogens is 520 g/mol. The van der Waals surface area contributed by atoms with E-state index in [-0.39, 0.29) is 5.75 Å². The normalized spacial score (nSPS) is 13.9. The fraction of sp³-hybridized carbons (Fsp3) is 0.138. The lowest BCUT2D eigenvalue weighted by Gasteiger charge is -2.22. The van der Waals surface area contributed by atoms with Crippen LogP contribution in [-0.4, -0.2) is 28.6 Å². The molecule has 0 unspecified atom stereocenters. The lowest BCUT2D eigenvalue weighted by Crippen LogP contribution is -2.22. The van der Waals surface area contributed by atoms with Gasteiger partial charge in [0.1, 0.15) is 5.75 Å². The number of phenols is 1. The summed E-state index contributed by atoms with van der Waals surface area (Å²) in [6, 6.07) is 21.7. The van der Waals surface area contributed by atoms with Crippen LogP contribution < -0.4 is 5.32 Å². The topological polar surface area (TPSA) is 88.5 Å². The monoisotopic (exact) mass is 542 g/mol. The third-order valence-electron chi connectivity index (χ3n) is 6.05. The first-order chi connectivity index (χ1) is 17.5. The van der Waals surface area contributed by atoms with Gasteiger partial charge in [0.15, 0.2) is 6.61 Å². The zero-order chi connectivity index (χ0) is 25.1. The number of carbonyl (C=O) groups excluding carboxylic acids is 2. The van der Waals surface area contributed by atoms with Crippen LogP contribution in [0.4, 0.5) is 5.69 Å². The Balaban J connectivity index is 1.46. The average Bonchev–Trinajstić information content (AvgIpc) is 2.87. The molecule has 36 heavy (non-hydrogen) atoms. The number of rotatable bonds is 5. The molecule has 0 bridgehead atoms. The molecule has 7 heteroatoms. The SMILES string of the molecule is O=C(COC(=O)c1c2c(nc3ccccc13)/C(=C/c1ccc(O)cc1)CCC2)Nc1cccc(Br)c1. The minimum absolute atomic E-state index is 0.208. The molecule has 1 aliphatic rings. The van der Waals surface area contributed by atoms with Crippen molar-refractivity contribution in [2.45, 2.75) is 19.3 Å². The number of benzene rings is 3. The quantitative estimate of drug-likeness (QED) is 0.286. The molecule has 0 aliphatic heterocycles. The van der Waals surface area contributed by atoms with Crippen molar-refractivity contribution in [3.63, 3.8) is 0 Å². The minimum Gasteiger partial charge on any atom is -0.508 e. The summed E-state index contributed by atoms with van der Waals surface area (Å²) in [5.74, 6) is -0.749. The summed E-state index contributed by atoms with van der Waals surface area (Å²) < 4.78 is 6.33. The number of nitrogens with zero attached hydrogens (tertiary/aromatic N) is 1. The van der Waals surface area contributed by atoms with Gasteiger partial charge in [-0.2, -0.15) is 0 Å². The Hall–Kier alpha value is -3.97. The van der Waals surface area contributed by atoms with Crippen LogP contribution in [0.25, 0.3) is 22.6 Å². The van der Waals surface area contributed by atoms with Gasteiger partial charge in [0, 0.05) is 15.5 Å². The van der Waals surface area contributed by atoms with Crippen LogP contribution in [0.2, 0.25) is 0 Å². The molecule has 0 radical (unpaired) electrons. The summed E-state index contributed by atoms with van der Waals surface area (Å²) in [7, 11) is 0. The highest BCUT2D eigenvalue weighted by molar-refractivity contribution is 9.10. The van der Waals surface area contributed by atoms with E-state index in [0.29, 0.717) is 28.6 Å². The lowest BCUT2D eigenvalue weighted by molar-refractivity contribution is -0.119. The van der Waals surface area contributed by atoms with Gasteiger partial charge in [0.2, 0.25) is 0 Å². The maximum atomic E-state index is 13.4. The number of hydrogen-bond donors (Lipinski definition) is 2. The number of aromatic nitrogens is 1. The van der Waals surface area contributed by atoms with E-state index in [1.807, 2.05) is 54.6 Å². The van der Waals surface area contributed by atoms with E-state index < -0.39 is 18.5 Å². The van der Waals surface area contributed by atoms with Gasteiger partial charge in [0.25, 0.3) is 5.91 Å². The Kier molecular flexibility index (Phi) is 6.82. The van der Waals surface area contributed by atoms with Crippen LogP contribution in [0, 0.1) is 0 Å². The fourth-order valence-electron chi connectivity index (χ4n) is 4.45. The Labute approximate surface area is 216 Å². The molecule has 0 saturated heterocycles. The van der Waals surface area contributed by atoms with E-state index >= 15 is 0 Å². The summed E-state index contributed by atoms with van der Waals surface area (Å²) in [6.07, 6.45) is 4.41. The van der Waals surface area contributed by atoms with Crippen LogP contribution in [-0.2, 0) is 16.0 Å². The number of amides is 1. The van der Waals surface area contributed by atoms with E-state index in [2.05, 4.69) is 21.2 Å². The first-order valence-electron chi connectivity index (χ1n) is 11.6. The second kappa shape index (κ2) is 10.3. The highest BCUT2D eigenvalue weighted by Gasteiger charge is 2.26. The second-order valence-electron chi connectivity index (χ2n) is 8.58. The molecule has 180 valence electrons. The first-order valence-corrected chi connectivity index (χ1v) is 12.4. The molecule has 6 nitrogen and oxygen atoms in total. The zero-order valence-corrected chi connectivity index (χ0v) is 20.9. The number of pyridine rings is 1. The van der Waals surface area contributed by atoms with Crippen molar-refractivity contribution in [2.75, 3.05) is 11.9 Å². The number of esters is 1. The van der Waals surface area contributed by atoms with Crippen molar-refractivity contribution < 1.29 is 19.4 Å². The molecule has 1 heterocycles. The van der Waals surface area contributed by atoms with Crippen molar-refractivity contribution >= 4 is 56.0 Å². The van der Waals surface area contributed by atoms with E-state index in [1.165, 1.54) is 0 Å². The van der Waals surface area contributed by atoms with Gasteiger partial charge in [0.05, 0.1) is 16.8 Å². The molecule has 3 aromatic carbocycles. The van der Waals surface area contributed by atoms with E-state index in [1.54, 1.807) is 24.3 Å². The van der Waals surface area contributed by atoms with Crippen molar-refractivity contribution in [3.05, 3.63) is 99.7 Å². The Morgan fingerprint density at radius 2 is 1.83 bits per heavy atom. The molecule has 0 spiro atoms. The van der Waals surface area contributed by atoms with Gasteiger partial charge in [-0.3, -0.25) is 4.79 Å². The summed E-state index contributed by atoms with van der Waals surface area (Å²) in [5.41, 5.74) is 5.35. The van der Waals surface area contributed by atoms with Gasteiger partial charge in [-0.05, 0) is 78.4 Å². The molecule has 4 aromatic rings. The third-order valence-corrected chi connectivity index (χ3v) is 6.54. The largest absolute Gasteiger partial charge is 0.508 e. The molecule has 1 amide bonds. The number of anilines is 1. The van der Waals surface area contributed by atoms with Gasteiger partial charge in [-0.15, -0.1) is 0 Å². The van der Waals surface area contributed by atoms with Crippen LogP contribution in [0.1, 0.15) is 40.0 Å². The smallest absolute Gasteiger partial charge is 0.339 e. The van der Waals surface area contributed by atoms with Crippen LogP contribution in [0.15, 0.2) is 77.3 Å². The summed E-state index contributed by atoms with van der Waals surface area (Å²) >= 11 is 3.37. The molecule has 2 N–H and O–H groups in total. The second-order valence-corrected chi connectivity index (χ2v) is 9.50. The molecule has 0 fully saturated rings. The summed E-state index contributed by atoms with van der Waals surface area (Å²) in [6.45, 7) is -0.396. The van der Waals surface area contributed by atoms with Crippen LogP contribution in [0.5, 0.6) is 5.75 Å². The maximum Gasteiger partial charge on any atom is 0.339 e. The number of phenolic OH excluding ortho intramolecular Hbond substituents is 1. The standard InChI is InChI=1S/C29H23BrN2O4/c30-20-6-4-7-21(16-20)31-26(34)17-36-29(35)27-23-8-1-2-10-25(23)32-28-19(5-3-9-24(27)28)15-18-11-13-22(33)14-12-18/h1-2,4,6-8,10-16,33H,3,5,9,17H2,(H,31,34)/b19-15+. The van der Waals surface area contributed by atoms with Crippen LogP contribution >= 0.6 is 15.9 Å². The Morgan fingerprint density at radius 3 is 2.64 bits per heavy atom. The molecule has 1 aromatic heterocycles. The van der Waals surface area contributed by atoms with Crippen molar-refractivity contribution in [1.29, 1.82) is 0 Å². The maximum absolute atomic E-state index is 13.4. The highest BCUT2D eigenvalue weighted by atomic mass is 79.9. The average molecular weight is 543 g/mol. The lowest BCUT2D eigenvalue weighted by atomic mass is 9.86. The third kappa shape index (κ3) is 5.16. The number of ether oxygens (including phenoxy) is 1. The molecule has 5 rings (SSSR count). The predicted octanol–water partition coefficient (Wildman–Crippen LogP) is 6.38. The van der Waals surface area contributed by atoms with E-state index in [0.717, 1.165) is 39.7 Å². The number of halogens is 1. The molecule has 1 aliphatic carbocycles. The van der Waals surface area contributed by atoms with E-state index in [4.69, 9.17) is 9.72 Å². The molecular formula is C29H23BrN2O4. The number of para-hydroxylation sites is 1. The summed E-state index contributed by atoms with van der Waals surface area (Å²) in [5, 5.41) is 13.1. The van der Waals surface area contributed by atoms with Gasteiger partial charge in [-0.1, -0.05) is 52.3 Å². The Bertz CT molecular complexity index is 1500. The molecule has 0 saturated carbocycles. The number of aromatic hydroxyl groups is 1.